The smallest absolute Gasteiger partial charge is 0.313 e. The van der Waals surface area contributed by atoms with Crippen molar-refractivity contribution in [1.29, 1.82) is 0 Å². The standard InChI is InChI=1S/C14H13N5O4/c1-9-13(19(21)22)10(2)18(16-9)8-11-4-5-12(23-11)14(20)17-7-3-6-15-17/h3-7H,8H2,1-2H3. The van der Waals surface area contributed by atoms with E-state index in [2.05, 4.69) is 10.2 Å². The molecule has 23 heavy (non-hydrogen) atoms. The minimum Gasteiger partial charge on any atom is -0.454 e. The zero-order chi connectivity index (χ0) is 16.6. The second-order valence-electron chi connectivity index (χ2n) is 4.96. The molecule has 0 amide bonds. The van der Waals surface area contributed by atoms with Crippen molar-refractivity contribution in [1.82, 2.24) is 19.6 Å². The average Bonchev–Trinajstić information content (AvgIpc) is 3.21. The van der Waals surface area contributed by atoms with E-state index in [1.165, 1.54) is 17.1 Å². The molecule has 9 heteroatoms. The Kier molecular flexibility index (Phi) is 3.53. The lowest BCUT2D eigenvalue weighted by atomic mass is 10.3. The first kappa shape index (κ1) is 14.7. The van der Waals surface area contributed by atoms with Gasteiger partial charge in [-0.25, -0.2) is 4.68 Å². The maximum atomic E-state index is 12.1. The van der Waals surface area contributed by atoms with Crippen LogP contribution in [0, 0.1) is 24.0 Å². The van der Waals surface area contributed by atoms with Gasteiger partial charge in [0.15, 0.2) is 5.76 Å². The van der Waals surface area contributed by atoms with Crippen LogP contribution in [0.25, 0.3) is 0 Å². The maximum absolute atomic E-state index is 12.1. The highest BCUT2D eigenvalue weighted by Crippen LogP contribution is 2.23. The Hall–Kier alpha value is -3.23. The summed E-state index contributed by atoms with van der Waals surface area (Å²) in [4.78, 5) is 22.6. The summed E-state index contributed by atoms with van der Waals surface area (Å²) in [5.41, 5.74) is 0.764. The first-order valence-corrected chi connectivity index (χ1v) is 6.79. The van der Waals surface area contributed by atoms with Crippen molar-refractivity contribution in [2.45, 2.75) is 20.4 Å². The fourth-order valence-corrected chi connectivity index (χ4v) is 2.33. The summed E-state index contributed by atoms with van der Waals surface area (Å²) in [5.74, 6) is 0.223. The zero-order valence-electron chi connectivity index (χ0n) is 12.5. The predicted molar refractivity (Wildman–Crippen MR) is 78.1 cm³/mol. The molecule has 9 nitrogen and oxygen atoms in total. The van der Waals surface area contributed by atoms with Crippen molar-refractivity contribution in [3.8, 4) is 0 Å². The van der Waals surface area contributed by atoms with E-state index >= 15 is 0 Å². The third-order valence-corrected chi connectivity index (χ3v) is 3.42. The number of carbonyl (C=O) groups excluding carboxylic acids is 1. The van der Waals surface area contributed by atoms with Gasteiger partial charge in [0.2, 0.25) is 0 Å². The number of hydrogen-bond donors (Lipinski definition) is 0. The number of carbonyl (C=O) groups is 1. The van der Waals surface area contributed by atoms with Crippen LogP contribution in [0.4, 0.5) is 5.69 Å². The number of hydrogen-bond acceptors (Lipinski definition) is 6. The number of aromatic nitrogens is 4. The Morgan fingerprint density at radius 1 is 1.39 bits per heavy atom. The molecule has 118 valence electrons. The van der Waals surface area contributed by atoms with E-state index in [1.807, 2.05) is 0 Å². The minimum atomic E-state index is -0.455. The number of rotatable bonds is 4. The molecule has 0 aliphatic heterocycles. The first-order chi connectivity index (χ1) is 11.0. The van der Waals surface area contributed by atoms with E-state index in [1.54, 1.807) is 32.0 Å². The van der Waals surface area contributed by atoms with Crippen molar-refractivity contribution >= 4 is 11.6 Å². The molecule has 0 saturated carbocycles. The zero-order valence-corrected chi connectivity index (χ0v) is 12.5. The van der Waals surface area contributed by atoms with Gasteiger partial charge < -0.3 is 4.42 Å². The highest BCUT2D eigenvalue weighted by atomic mass is 16.6. The molecule has 3 rings (SSSR count). The Balaban J connectivity index is 1.84. The van der Waals surface area contributed by atoms with E-state index in [9.17, 15) is 14.9 Å². The van der Waals surface area contributed by atoms with Crippen LogP contribution in [0.1, 0.15) is 27.7 Å². The van der Waals surface area contributed by atoms with E-state index in [0.717, 1.165) is 4.68 Å². The number of aryl methyl sites for hydroxylation is 1. The van der Waals surface area contributed by atoms with Crippen LogP contribution in [-0.2, 0) is 6.54 Å². The van der Waals surface area contributed by atoms with Crippen molar-refractivity contribution < 1.29 is 14.1 Å². The number of nitrogens with zero attached hydrogens (tertiary/aromatic N) is 5. The lowest BCUT2D eigenvalue weighted by molar-refractivity contribution is -0.386. The van der Waals surface area contributed by atoms with Gasteiger partial charge in [0.25, 0.3) is 0 Å². The molecule has 0 atom stereocenters. The molecule has 0 N–H and O–H groups in total. The Bertz CT molecular complexity index is 875. The van der Waals surface area contributed by atoms with Crippen LogP contribution in [0.15, 0.2) is 35.0 Å². The van der Waals surface area contributed by atoms with Gasteiger partial charge in [-0.1, -0.05) is 0 Å². The summed E-state index contributed by atoms with van der Waals surface area (Å²) in [6.45, 7) is 3.40. The summed E-state index contributed by atoms with van der Waals surface area (Å²) < 4.78 is 8.14. The highest BCUT2D eigenvalue weighted by Gasteiger charge is 2.22. The van der Waals surface area contributed by atoms with Crippen molar-refractivity contribution in [3.63, 3.8) is 0 Å². The number of furan rings is 1. The molecular weight excluding hydrogens is 302 g/mol. The molecule has 0 fully saturated rings. The molecule has 0 saturated heterocycles. The van der Waals surface area contributed by atoms with E-state index in [0.29, 0.717) is 17.1 Å². The van der Waals surface area contributed by atoms with Gasteiger partial charge in [0.1, 0.15) is 17.1 Å². The second kappa shape index (κ2) is 5.52. The topological polar surface area (TPSA) is 109 Å². The molecule has 0 bridgehead atoms. The summed E-state index contributed by atoms with van der Waals surface area (Å²) in [5, 5.41) is 19.0. The van der Waals surface area contributed by atoms with Crippen LogP contribution in [-0.4, -0.2) is 30.4 Å². The molecule has 0 aliphatic carbocycles. The predicted octanol–water partition coefficient (Wildman–Crippen LogP) is 1.93. The van der Waals surface area contributed by atoms with Crippen LogP contribution < -0.4 is 0 Å². The molecule has 0 radical (unpaired) electrons. The molecule has 0 aromatic carbocycles. The monoisotopic (exact) mass is 315 g/mol. The molecule has 3 heterocycles. The maximum Gasteiger partial charge on any atom is 0.313 e. The summed E-state index contributed by atoms with van der Waals surface area (Å²) in [7, 11) is 0. The van der Waals surface area contributed by atoms with Gasteiger partial charge in [-0.05, 0) is 32.0 Å². The number of nitro groups is 1. The third-order valence-electron chi connectivity index (χ3n) is 3.42. The molecule has 3 aromatic rings. The fourth-order valence-electron chi connectivity index (χ4n) is 2.33. The van der Waals surface area contributed by atoms with Crippen LogP contribution in [0.5, 0.6) is 0 Å². The molecule has 0 aliphatic rings. The van der Waals surface area contributed by atoms with Crippen LogP contribution >= 0.6 is 0 Å². The van der Waals surface area contributed by atoms with E-state index in [-0.39, 0.29) is 23.9 Å². The first-order valence-electron chi connectivity index (χ1n) is 6.79. The largest absolute Gasteiger partial charge is 0.454 e. The average molecular weight is 315 g/mol. The molecular formula is C14H13N5O4. The highest BCUT2D eigenvalue weighted by molar-refractivity contribution is 5.92. The Morgan fingerprint density at radius 2 is 2.17 bits per heavy atom. The van der Waals surface area contributed by atoms with Crippen LogP contribution in [0.3, 0.4) is 0 Å². The molecule has 0 spiro atoms. The van der Waals surface area contributed by atoms with Crippen molar-refractivity contribution in [3.05, 3.63) is 63.6 Å². The van der Waals surface area contributed by atoms with Gasteiger partial charge in [0.05, 0.1) is 11.5 Å². The lowest BCUT2D eigenvalue weighted by Crippen LogP contribution is -2.11. The van der Waals surface area contributed by atoms with Gasteiger partial charge in [-0.2, -0.15) is 10.2 Å². The minimum absolute atomic E-state index is 0.00982. The third kappa shape index (κ3) is 2.63. The summed E-state index contributed by atoms with van der Waals surface area (Å²) in [6, 6.07) is 4.81. The second-order valence-corrected chi connectivity index (χ2v) is 4.96. The van der Waals surface area contributed by atoms with Crippen LogP contribution in [0.2, 0.25) is 0 Å². The molecule has 0 unspecified atom stereocenters. The summed E-state index contributed by atoms with van der Waals surface area (Å²) >= 11 is 0. The fraction of sp³-hybridized carbons (Fsp3) is 0.214. The summed E-state index contributed by atoms with van der Waals surface area (Å²) in [6.07, 6.45) is 3.02. The van der Waals surface area contributed by atoms with Gasteiger partial charge in [-0.15, -0.1) is 0 Å². The van der Waals surface area contributed by atoms with Gasteiger partial charge >= 0.3 is 11.6 Å². The Labute approximate surface area is 130 Å². The quantitative estimate of drug-likeness (QED) is 0.537. The molecule has 3 aromatic heterocycles. The lowest BCUT2D eigenvalue weighted by Gasteiger charge is -2.01. The van der Waals surface area contributed by atoms with E-state index in [4.69, 9.17) is 4.42 Å². The van der Waals surface area contributed by atoms with Crippen molar-refractivity contribution in [2.24, 2.45) is 0 Å². The van der Waals surface area contributed by atoms with Gasteiger partial charge in [0, 0.05) is 12.4 Å². The normalized spacial score (nSPS) is 10.9. The van der Waals surface area contributed by atoms with E-state index < -0.39 is 4.92 Å². The SMILES string of the molecule is Cc1nn(Cc2ccc(C(=O)n3cccn3)o2)c(C)c1[N+](=O)[O-]. The van der Waals surface area contributed by atoms with Crippen molar-refractivity contribution in [2.75, 3.05) is 0 Å². The Morgan fingerprint density at radius 3 is 2.78 bits per heavy atom. The van der Waals surface area contributed by atoms with Gasteiger partial charge in [-0.3, -0.25) is 19.6 Å².